The van der Waals surface area contributed by atoms with E-state index < -0.39 is 29.8 Å². The Morgan fingerprint density at radius 1 is 1.17 bits per heavy atom. The molecule has 1 fully saturated rings. The maximum Gasteiger partial charge on any atom is 0.401 e. The SMILES string of the molecule is C=CC(=O)OC1CCC(Oc2ccc3cc(-c4ccc(CC)nc4CC)oc3c2)C1(C)C(F)(F)F. The number of nitrogens with zero attached hydrogens (tertiary/aromatic N) is 1. The molecule has 0 spiro atoms. The molecule has 2 heterocycles. The van der Waals surface area contributed by atoms with E-state index in [1.165, 1.54) is 0 Å². The number of rotatable bonds is 7. The van der Waals surface area contributed by atoms with Crippen LogP contribution in [0.5, 0.6) is 5.75 Å². The van der Waals surface area contributed by atoms with Gasteiger partial charge in [0.05, 0.1) is 5.69 Å². The number of aryl methyl sites for hydroxylation is 2. The first-order valence-electron chi connectivity index (χ1n) is 11.7. The summed E-state index contributed by atoms with van der Waals surface area (Å²) in [4.78, 5) is 16.3. The number of carbonyl (C=O) groups is 1. The van der Waals surface area contributed by atoms with Crippen LogP contribution >= 0.6 is 0 Å². The van der Waals surface area contributed by atoms with Crippen LogP contribution in [0.4, 0.5) is 13.2 Å². The lowest BCUT2D eigenvalue weighted by molar-refractivity contribution is -0.262. The number of hydrogen-bond acceptors (Lipinski definition) is 5. The van der Waals surface area contributed by atoms with Crippen molar-refractivity contribution in [2.24, 2.45) is 5.41 Å². The van der Waals surface area contributed by atoms with E-state index in [9.17, 15) is 18.0 Å². The first-order valence-corrected chi connectivity index (χ1v) is 11.7. The summed E-state index contributed by atoms with van der Waals surface area (Å²) >= 11 is 0. The van der Waals surface area contributed by atoms with Crippen LogP contribution in [-0.2, 0) is 22.4 Å². The number of ether oxygens (including phenoxy) is 2. The summed E-state index contributed by atoms with van der Waals surface area (Å²) in [5.41, 5.74) is 0.944. The average Bonchev–Trinajstić information content (AvgIpc) is 3.40. The van der Waals surface area contributed by atoms with Gasteiger partial charge in [0.15, 0.2) is 0 Å². The molecule has 3 aromatic rings. The largest absolute Gasteiger partial charge is 0.489 e. The normalized spacial score (nSPS) is 22.3. The Bertz CT molecular complexity index is 1250. The summed E-state index contributed by atoms with van der Waals surface area (Å²) in [6, 6.07) is 10.8. The van der Waals surface area contributed by atoms with Crippen molar-refractivity contribution in [1.82, 2.24) is 4.98 Å². The maximum atomic E-state index is 14.2. The van der Waals surface area contributed by atoms with Gasteiger partial charge in [-0.2, -0.15) is 13.2 Å². The number of pyridine rings is 1. The van der Waals surface area contributed by atoms with Gasteiger partial charge in [-0.25, -0.2) is 4.79 Å². The van der Waals surface area contributed by atoms with Crippen molar-refractivity contribution in [2.75, 3.05) is 0 Å². The zero-order valence-electron chi connectivity index (χ0n) is 19.9. The lowest BCUT2D eigenvalue weighted by Crippen LogP contribution is -2.51. The molecule has 4 rings (SSSR count). The molecule has 1 aliphatic carbocycles. The number of benzene rings is 1. The highest BCUT2D eigenvalue weighted by Gasteiger charge is 2.66. The second-order valence-electron chi connectivity index (χ2n) is 8.91. The Hall–Kier alpha value is -3.29. The van der Waals surface area contributed by atoms with Crippen molar-refractivity contribution in [3.8, 4) is 17.1 Å². The molecular weight excluding hydrogens is 459 g/mol. The molecule has 0 amide bonds. The van der Waals surface area contributed by atoms with Gasteiger partial charge >= 0.3 is 12.1 Å². The van der Waals surface area contributed by atoms with Gasteiger partial charge in [-0.3, -0.25) is 4.98 Å². The summed E-state index contributed by atoms with van der Waals surface area (Å²) in [6.07, 6.45) is -4.67. The fourth-order valence-corrected chi connectivity index (χ4v) is 4.64. The Balaban J connectivity index is 1.63. The van der Waals surface area contributed by atoms with Gasteiger partial charge in [0.1, 0.15) is 34.7 Å². The third-order valence-corrected chi connectivity index (χ3v) is 6.83. The summed E-state index contributed by atoms with van der Waals surface area (Å²) in [7, 11) is 0. The third-order valence-electron chi connectivity index (χ3n) is 6.83. The number of esters is 1. The Morgan fingerprint density at radius 2 is 1.91 bits per heavy atom. The summed E-state index contributed by atoms with van der Waals surface area (Å²) < 4.78 is 59.4. The van der Waals surface area contributed by atoms with Gasteiger partial charge in [-0.1, -0.05) is 20.4 Å². The lowest BCUT2D eigenvalue weighted by atomic mass is 9.83. The number of halogens is 3. The molecule has 0 bridgehead atoms. The van der Waals surface area contributed by atoms with E-state index in [0.717, 1.165) is 48.2 Å². The number of hydrogen-bond donors (Lipinski definition) is 0. The highest BCUT2D eigenvalue weighted by Crippen LogP contribution is 2.53. The van der Waals surface area contributed by atoms with E-state index in [1.807, 2.05) is 32.0 Å². The minimum absolute atomic E-state index is 0.0357. The Labute approximate surface area is 201 Å². The molecule has 35 heavy (non-hydrogen) atoms. The number of fused-ring (bicyclic) bond motifs is 1. The number of aromatic nitrogens is 1. The maximum absolute atomic E-state index is 14.2. The van der Waals surface area contributed by atoms with Crippen molar-refractivity contribution >= 4 is 16.9 Å². The average molecular weight is 488 g/mol. The van der Waals surface area contributed by atoms with Crippen LogP contribution in [0, 0.1) is 5.41 Å². The van der Waals surface area contributed by atoms with E-state index in [4.69, 9.17) is 13.9 Å². The zero-order valence-corrected chi connectivity index (χ0v) is 19.9. The first-order chi connectivity index (χ1) is 16.6. The molecule has 0 radical (unpaired) electrons. The lowest BCUT2D eigenvalue weighted by Gasteiger charge is -2.37. The van der Waals surface area contributed by atoms with Crippen molar-refractivity contribution < 1.29 is 31.9 Å². The van der Waals surface area contributed by atoms with Crippen molar-refractivity contribution in [1.29, 1.82) is 0 Å². The highest BCUT2D eigenvalue weighted by atomic mass is 19.4. The smallest absolute Gasteiger partial charge is 0.401 e. The van der Waals surface area contributed by atoms with Crippen LogP contribution in [0.25, 0.3) is 22.3 Å². The molecule has 0 saturated heterocycles. The molecular formula is C27H28F3NO4. The molecule has 0 N–H and O–H groups in total. The fourth-order valence-electron chi connectivity index (χ4n) is 4.64. The quantitative estimate of drug-likeness (QED) is 0.270. The Kier molecular flexibility index (Phi) is 6.66. The van der Waals surface area contributed by atoms with E-state index >= 15 is 0 Å². The molecule has 0 aliphatic heterocycles. The van der Waals surface area contributed by atoms with E-state index in [-0.39, 0.29) is 18.6 Å². The van der Waals surface area contributed by atoms with Crippen molar-refractivity contribution in [3.63, 3.8) is 0 Å². The number of furan rings is 1. The van der Waals surface area contributed by atoms with Gasteiger partial charge in [-0.05, 0) is 62.9 Å². The van der Waals surface area contributed by atoms with E-state index in [0.29, 0.717) is 11.3 Å². The molecule has 3 unspecified atom stereocenters. The predicted octanol–water partition coefficient (Wildman–Crippen LogP) is 6.83. The third kappa shape index (κ3) is 4.54. The van der Waals surface area contributed by atoms with Crippen LogP contribution < -0.4 is 4.74 Å². The molecule has 1 aromatic carbocycles. The van der Waals surface area contributed by atoms with Crippen LogP contribution in [0.3, 0.4) is 0 Å². The van der Waals surface area contributed by atoms with Crippen LogP contribution in [0.2, 0.25) is 0 Å². The van der Waals surface area contributed by atoms with Crippen LogP contribution in [0.1, 0.15) is 45.0 Å². The second-order valence-corrected chi connectivity index (χ2v) is 8.91. The van der Waals surface area contributed by atoms with Crippen LogP contribution in [-0.4, -0.2) is 29.3 Å². The minimum Gasteiger partial charge on any atom is -0.489 e. The van der Waals surface area contributed by atoms with Crippen molar-refractivity contribution in [3.05, 3.63) is 60.4 Å². The van der Waals surface area contributed by atoms with Gasteiger partial charge in [0.25, 0.3) is 0 Å². The molecule has 1 aliphatic rings. The molecule has 5 nitrogen and oxygen atoms in total. The number of carbonyl (C=O) groups excluding carboxylic acids is 1. The number of alkyl halides is 3. The second kappa shape index (κ2) is 9.40. The fraction of sp³-hybridized carbons (Fsp3) is 0.407. The minimum atomic E-state index is -4.64. The van der Waals surface area contributed by atoms with Gasteiger partial charge in [0.2, 0.25) is 0 Å². The van der Waals surface area contributed by atoms with E-state index in [1.54, 1.807) is 18.2 Å². The first kappa shape index (κ1) is 24.8. The molecule has 3 atom stereocenters. The van der Waals surface area contributed by atoms with Crippen molar-refractivity contribution in [2.45, 2.75) is 64.8 Å². The predicted molar refractivity (Wildman–Crippen MR) is 126 cm³/mol. The molecule has 8 heteroatoms. The highest BCUT2D eigenvalue weighted by molar-refractivity contribution is 5.84. The zero-order chi connectivity index (χ0) is 25.4. The van der Waals surface area contributed by atoms with Gasteiger partial charge in [0, 0.05) is 28.8 Å². The summed E-state index contributed by atoms with van der Waals surface area (Å²) in [5, 5.41) is 0.803. The standard InChI is InChI=1S/C27H28F3NO4/c1-5-17-9-11-19(20(6-2)31-17)22-14-16-8-10-18(15-21(16)34-22)33-23-12-13-24(35-25(32)7-3)26(23,4)27(28,29)30/h7-11,14-15,23-24H,3,5-6,12-13H2,1-2,4H3. The van der Waals surface area contributed by atoms with Gasteiger partial charge < -0.3 is 13.9 Å². The van der Waals surface area contributed by atoms with Gasteiger partial charge in [-0.15, -0.1) is 0 Å². The van der Waals surface area contributed by atoms with Crippen LogP contribution in [0.15, 0.2) is 53.5 Å². The monoisotopic (exact) mass is 487 g/mol. The topological polar surface area (TPSA) is 61.6 Å². The van der Waals surface area contributed by atoms with E-state index in [2.05, 4.69) is 11.6 Å². The molecule has 2 aromatic heterocycles. The Morgan fingerprint density at radius 3 is 2.57 bits per heavy atom. The molecule has 186 valence electrons. The summed E-state index contributed by atoms with van der Waals surface area (Å²) in [5.74, 6) is 0.00913. The molecule has 1 saturated carbocycles. The summed E-state index contributed by atoms with van der Waals surface area (Å²) in [6.45, 7) is 8.38.